The summed E-state index contributed by atoms with van der Waals surface area (Å²) in [6, 6.07) is 16.8. The third-order valence-electron chi connectivity index (χ3n) is 5.36. The Bertz CT molecular complexity index is 1260. The molecule has 1 heterocycles. The van der Waals surface area contributed by atoms with Crippen LogP contribution in [0.25, 0.3) is 11.1 Å². The second kappa shape index (κ2) is 15.7. The average Bonchev–Trinajstić information content (AvgIpc) is 2.85. The van der Waals surface area contributed by atoms with E-state index in [2.05, 4.69) is 10.3 Å². The zero-order chi connectivity index (χ0) is 26.1. The molecule has 0 radical (unpaired) electrons. The van der Waals surface area contributed by atoms with E-state index in [1.54, 1.807) is 36.7 Å². The number of benzene rings is 2. The Morgan fingerprint density at radius 1 is 1.05 bits per heavy atom. The Morgan fingerprint density at radius 3 is 2.34 bits per heavy atom. The summed E-state index contributed by atoms with van der Waals surface area (Å²) >= 11 is 0. The summed E-state index contributed by atoms with van der Waals surface area (Å²) in [6.07, 6.45) is 4.48. The highest BCUT2D eigenvalue weighted by molar-refractivity contribution is 7.89. The van der Waals surface area contributed by atoms with Gasteiger partial charge in [0.05, 0.1) is 24.5 Å². The first kappa shape index (κ1) is 33.3. The van der Waals surface area contributed by atoms with Gasteiger partial charge in [-0.05, 0) is 53.8 Å². The SMILES string of the molecule is CC(C)COc1cc(-c2ccc(CCNC[C@@H](O)c3cccnc3)cc2)ccc1C(=O)NS(C)(=O)=O.Cl.Cl. The maximum atomic E-state index is 12.5. The number of aliphatic hydroxyl groups is 1. The molecular weight excluding hydrogens is 549 g/mol. The predicted molar refractivity (Wildman–Crippen MR) is 155 cm³/mol. The molecule has 0 spiro atoms. The number of aliphatic hydroxyl groups excluding tert-OH is 1. The van der Waals surface area contributed by atoms with E-state index in [1.807, 2.05) is 48.9 Å². The average molecular weight is 585 g/mol. The fraction of sp³-hybridized carbons (Fsp3) is 0.333. The Morgan fingerprint density at radius 2 is 1.74 bits per heavy atom. The fourth-order valence-corrected chi connectivity index (χ4v) is 3.96. The van der Waals surface area contributed by atoms with Crippen molar-refractivity contribution in [1.82, 2.24) is 15.0 Å². The molecule has 3 aromatic rings. The minimum atomic E-state index is -3.69. The molecule has 0 aliphatic heterocycles. The van der Waals surface area contributed by atoms with Gasteiger partial charge in [-0.2, -0.15) is 0 Å². The van der Waals surface area contributed by atoms with Crippen LogP contribution in [-0.2, 0) is 16.4 Å². The summed E-state index contributed by atoms with van der Waals surface area (Å²) in [4.78, 5) is 16.5. The van der Waals surface area contributed by atoms with Crippen molar-refractivity contribution in [3.8, 4) is 16.9 Å². The van der Waals surface area contributed by atoms with Crippen molar-refractivity contribution in [3.63, 3.8) is 0 Å². The van der Waals surface area contributed by atoms with Gasteiger partial charge in [0.1, 0.15) is 5.75 Å². The molecule has 3 rings (SSSR count). The molecule has 0 bridgehead atoms. The highest BCUT2D eigenvalue weighted by Crippen LogP contribution is 2.28. The number of halogens is 2. The lowest BCUT2D eigenvalue weighted by atomic mass is 10.0. The summed E-state index contributed by atoms with van der Waals surface area (Å²) in [5.74, 6) is -0.153. The van der Waals surface area contributed by atoms with Gasteiger partial charge in [0, 0.05) is 24.5 Å². The molecule has 1 atom stereocenters. The van der Waals surface area contributed by atoms with Gasteiger partial charge in [-0.1, -0.05) is 50.2 Å². The lowest BCUT2D eigenvalue weighted by molar-refractivity contribution is 0.0977. The Kier molecular flexibility index (Phi) is 13.7. The highest BCUT2D eigenvalue weighted by atomic mass is 35.5. The van der Waals surface area contributed by atoms with Crippen LogP contribution < -0.4 is 14.8 Å². The van der Waals surface area contributed by atoms with Crippen LogP contribution in [0, 0.1) is 5.92 Å². The van der Waals surface area contributed by atoms with Gasteiger partial charge in [0.2, 0.25) is 10.0 Å². The van der Waals surface area contributed by atoms with Gasteiger partial charge in [-0.3, -0.25) is 9.78 Å². The van der Waals surface area contributed by atoms with Crippen LogP contribution in [0.3, 0.4) is 0 Å². The minimum absolute atomic E-state index is 0. The van der Waals surface area contributed by atoms with Gasteiger partial charge in [0.25, 0.3) is 5.91 Å². The number of sulfonamides is 1. The molecule has 1 aromatic heterocycles. The molecule has 11 heteroatoms. The number of hydrogen-bond donors (Lipinski definition) is 3. The van der Waals surface area contributed by atoms with Crippen molar-refractivity contribution in [2.45, 2.75) is 26.4 Å². The largest absolute Gasteiger partial charge is 0.492 e. The second-order valence-corrected chi connectivity index (χ2v) is 10.8. The summed E-state index contributed by atoms with van der Waals surface area (Å²) < 4.78 is 30.9. The maximum absolute atomic E-state index is 12.5. The molecule has 0 aliphatic carbocycles. The number of rotatable bonds is 12. The van der Waals surface area contributed by atoms with E-state index in [0.717, 1.165) is 34.9 Å². The minimum Gasteiger partial charge on any atom is -0.492 e. The van der Waals surface area contributed by atoms with Gasteiger partial charge in [-0.25, -0.2) is 13.1 Å². The molecule has 3 N–H and O–H groups in total. The van der Waals surface area contributed by atoms with Crippen LogP contribution in [0.5, 0.6) is 5.75 Å². The van der Waals surface area contributed by atoms with E-state index >= 15 is 0 Å². The van der Waals surface area contributed by atoms with Crippen molar-refractivity contribution >= 4 is 40.7 Å². The van der Waals surface area contributed by atoms with E-state index in [4.69, 9.17) is 4.74 Å². The lowest BCUT2D eigenvalue weighted by Gasteiger charge is -2.15. The smallest absolute Gasteiger partial charge is 0.268 e. The molecule has 8 nitrogen and oxygen atoms in total. The number of ether oxygens (including phenoxy) is 1. The Labute approximate surface area is 237 Å². The summed E-state index contributed by atoms with van der Waals surface area (Å²) in [6.45, 7) is 5.54. The van der Waals surface area contributed by atoms with Gasteiger partial charge < -0.3 is 15.2 Å². The number of carbonyl (C=O) groups excluding carboxylic acids is 1. The van der Waals surface area contributed by atoms with Crippen LogP contribution in [-0.4, -0.2) is 50.4 Å². The molecule has 0 fully saturated rings. The zero-order valence-corrected chi connectivity index (χ0v) is 24.0. The zero-order valence-electron chi connectivity index (χ0n) is 21.6. The van der Waals surface area contributed by atoms with Gasteiger partial charge >= 0.3 is 0 Å². The number of aromatic nitrogens is 1. The first-order chi connectivity index (χ1) is 17.1. The first-order valence-electron chi connectivity index (χ1n) is 11.8. The maximum Gasteiger partial charge on any atom is 0.268 e. The third kappa shape index (κ3) is 10.6. The Balaban J connectivity index is 0.00000361. The monoisotopic (exact) mass is 583 g/mol. The Hall–Kier alpha value is -2.69. The standard InChI is InChI=1S/C27H33N3O5S.2ClH/c1-19(2)18-35-26-15-22(10-11-24(26)27(32)30-36(3,33)34)21-8-6-20(7-9-21)12-14-29-17-25(31)23-5-4-13-28-16-23;;/h4-11,13,15-16,19,25,29,31H,12,14,17-18H2,1-3H3,(H,30,32);2*1H/t25-;;/m1../s1. The van der Waals surface area contributed by atoms with Crippen molar-refractivity contribution in [1.29, 1.82) is 0 Å². The fourth-order valence-electron chi connectivity index (χ4n) is 3.52. The predicted octanol–water partition coefficient (Wildman–Crippen LogP) is 4.18. The van der Waals surface area contributed by atoms with Crippen LogP contribution in [0.2, 0.25) is 0 Å². The van der Waals surface area contributed by atoms with Gasteiger partial charge in [0.15, 0.2) is 0 Å². The summed E-state index contributed by atoms with van der Waals surface area (Å²) in [7, 11) is -3.69. The second-order valence-electron chi connectivity index (χ2n) is 9.07. The van der Waals surface area contributed by atoms with Crippen molar-refractivity contribution < 1.29 is 23.1 Å². The molecule has 0 aliphatic rings. The van der Waals surface area contributed by atoms with E-state index in [0.29, 0.717) is 25.4 Å². The number of amides is 1. The number of hydrogen-bond acceptors (Lipinski definition) is 7. The summed E-state index contributed by atoms with van der Waals surface area (Å²) in [5, 5.41) is 13.5. The van der Waals surface area contributed by atoms with E-state index in [9.17, 15) is 18.3 Å². The van der Waals surface area contributed by atoms with Crippen LogP contribution in [0.4, 0.5) is 0 Å². The number of carbonyl (C=O) groups is 1. The van der Waals surface area contributed by atoms with Gasteiger partial charge in [-0.15, -0.1) is 24.8 Å². The molecule has 0 unspecified atom stereocenters. The molecular formula is C27H35Cl2N3O5S. The molecule has 0 saturated heterocycles. The third-order valence-corrected chi connectivity index (χ3v) is 5.92. The topological polar surface area (TPSA) is 118 Å². The van der Waals surface area contributed by atoms with Crippen molar-refractivity contribution in [2.75, 3.05) is 26.0 Å². The lowest BCUT2D eigenvalue weighted by Crippen LogP contribution is -2.29. The molecule has 0 saturated carbocycles. The van der Waals surface area contributed by atoms with E-state index < -0.39 is 22.0 Å². The van der Waals surface area contributed by atoms with Crippen LogP contribution in [0.15, 0.2) is 67.0 Å². The number of pyridine rings is 1. The first-order valence-corrected chi connectivity index (χ1v) is 13.7. The van der Waals surface area contributed by atoms with Crippen LogP contribution >= 0.6 is 24.8 Å². The molecule has 2 aromatic carbocycles. The highest BCUT2D eigenvalue weighted by Gasteiger charge is 2.18. The normalized spacial score (nSPS) is 11.7. The van der Waals surface area contributed by atoms with Crippen molar-refractivity contribution in [2.24, 2.45) is 5.92 Å². The molecule has 1 amide bonds. The van der Waals surface area contributed by atoms with E-state index in [1.165, 1.54) is 0 Å². The molecule has 208 valence electrons. The number of nitrogens with one attached hydrogen (secondary N) is 2. The quantitative estimate of drug-likeness (QED) is 0.274. The van der Waals surface area contributed by atoms with E-state index in [-0.39, 0.29) is 36.3 Å². The van der Waals surface area contributed by atoms with Crippen LogP contribution in [0.1, 0.15) is 41.4 Å². The molecule has 38 heavy (non-hydrogen) atoms. The van der Waals surface area contributed by atoms with Crippen molar-refractivity contribution in [3.05, 3.63) is 83.7 Å². The summed E-state index contributed by atoms with van der Waals surface area (Å²) in [5.41, 5.74) is 3.89. The number of nitrogens with zero attached hydrogens (tertiary/aromatic N) is 1.